The van der Waals surface area contributed by atoms with E-state index in [1.165, 1.54) is 28.2 Å². The number of aryl methyl sites for hydroxylation is 2. The lowest BCUT2D eigenvalue weighted by molar-refractivity contribution is 1.02. The minimum absolute atomic E-state index is 1.10. The smallest absolute Gasteiger partial charge is 0.0531 e. The highest BCUT2D eigenvalue weighted by molar-refractivity contribution is 9.10. The molecule has 0 radical (unpaired) electrons. The summed E-state index contributed by atoms with van der Waals surface area (Å²) in [6, 6.07) is 21.4. The number of hydrogen-bond acceptors (Lipinski definition) is 0. The van der Waals surface area contributed by atoms with Crippen molar-refractivity contribution in [2.45, 2.75) is 13.8 Å². The molecule has 3 rings (SSSR count). The number of halogens is 1. The highest BCUT2D eigenvalue weighted by Crippen LogP contribution is 2.27. The first kappa shape index (κ1) is 13.2. The van der Waals surface area contributed by atoms with E-state index in [1.54, 1.807) is 0 Å². The summed E-state index contributed by atoms with van der Waals surface area (Å²) < 4.78 is 3.41. The summed E-state index contributed by atoms with van der Waals surface area (Å²) in [6.45, 7) is 4.27. The molecule has 0 bridgehead atoms. The van der Waals surface area contributed by atoms with Gasteiger partial charge in [0.1, 0.15) is 0 Å². The van der Waals surface area contributed by atoms with Gasteiger partial charge in [-0.2, -0.15) is 0 Å². The molecule has 1 aromatic heterocycles. The monoisotopic (exact) mass is 325 g/mol. The van der Waals surface area contributed by atoms with Crippen LogP contribution in [0.3, 0.4) is 0 Å². The Labute approximate surface area is 128 Å². The van der Waals surface area contributed by atoms with Gasteiger partial charge in [0.2, 0.25) is 0 Å². The predicted octanol–water partition coefficient (Wildman–Crippen LogP) is 5.52. The largest absolute Gasteiger partial charge is 0.314 e. The second kappa shape index (κ2) is 5.29. The highest BCUT2D eigenvalue weighted by Gasteiger charge is 2.09. The minimum atomic E-state index is 1.10. The van der Waals surface area contributed by atoms with Crippen LogP contribution in [0.15, 0.2) is 65.1 Å². The van der Waals surface area contributed by atoms with Crippen LogP contribution in [0.4, 0.5) is 0 Å². The molecule has 0 unspecified atom stereocenters. The Morgan fingerprint density at radius 2 is 1.60 bits per heavy atom. The molecule has 0 fully saturated rings. The molecule has 0 aliphatic heterocycles. The Hall–Kier alpha value is -1.80. The van der Waals surface area contributed by atoms with Crippen molar-refractivity contribution in [3.8, 4) is 16.9 Å². The lowest BCUT2D eigenvalue weighted by Crippen LogP contribution is -1.99. The summed E-state index contributed by atoms with van der Waals surface area (Å²) in [5.74, 6) is 0. The first-order chi connectivity index (χ1) is 9.65. The zero-order valence-electron chi connectivity index (χ0n) is 11.6. The molecule has 0 aliphatic rings. The van der Waals surface area contributed by atoms with Crippen molar-refractivity contribution in [2.24, 2.45) is 0 Å². The Kier molecular flexibility index (Phi) is 3.49. The van der Waals surface area contributed by atoms with E-state index in [0.717, 1.165) is 4.47 Å². The summed E-state index contributed by atoms with van der Waals surface area (Å²) >= 11 is 3.49. The molecule has 0 N–H and O–H groups in total. The maximum absolute atomic E-state index is 3.49. The molecule has 20 heavy (non-hydrogen) atoms. The summed E-state index contributed by atoms with van der Waals surface area (Å²) in [7, 11) is 0. The van der Waals surface area contributed by atoms with Crippen molar-refractivity contribution >= 4 is 15.9 Å². The molecule has 2 aromatic carbocycles. The molecular weight excluding hydrogens is 310 g/mol. The maximum Gasteiger partial charge on any atom is 0.0531 e. The van der Waals surface area contributed by atoms with E-state index in [0.29, 0.717) is 0 Å². The van der Waals surface area contributed by atoms with Gasteiger partial charge in [0.05, 0.1) is 5.69 Å². The molecule has 1 nitrogen and oxygen atoms in total. The topological polar surface area (TPSA) is 4.93 Å². The number of aromatic nitrogens is 1. The van der Waals surface area contributed by atoms with Gasteiger partial charge in [0, 0.05) is 15.9 Å². The van der Waals surface area contributed by atoms with E-state index in [1.807, 2.05) is 0 Å². The molecule has 0 saturated heterocycles. The lowest BCUT2D eigenvalue weighted by Gasteiger charge is -2.13. The summed E-state index contributed by atoms with van der Waals surface area (Å²) in [4.78, 5) is 0. The quantitative estimate of drug-likeness (QED) is 0.584. The van der Waals surface area contributed by atoms with Gasteiger partial charge in [0.25, 0.3) is 0 Å². The summed E-state index contributed by atoms with van der Waals surface area (Å²) in [5, 5.41) is 0. The third-order valence-corrected chi connectivity index (χ3v) is 4.00. The molecule has 100 valence electrons. The first-order valence-electron chi connectivity index (χ1n) is 6.66. The van der Waals surface area contributed by atoms with Crippen molar-refractivity contribution in [1.29, 1.82) is 0 Å². The highest BCUT2D eigenvalue weighted by atomic mass is 79.9. The van der Waals surface area contributed by atoms with Gasteiger partial charge in [-0.25, -0.2) is 0 Å². The number of hydrogen-bond donors (Lipinski definition) is 0. The van der Waals surface area contributed by atoms with Crippen LogP contribution in [0.1, 0.15) is 11.3 Å². The van der Waals surface area contributed by atoms with Crippen LogP contribution in [-0.4, -0.2) is 4.57 Å². The molecule has 0 saturated carbocycles. The van der Waals surface area contributed by atoms with Crippen molar-refractivity contribution in [2.75, 3.05) is 0 Å². The predicted molar refractivity (Wildman–Crippen MR) is 88.4 cm³/mol. The van der Waals surface area contributed by atoms with Crippen LogP contribution in [0.25, 0.3) is 16.9 Å². The van der Waals surface area contributed by atoms with Crippen LogP contribution in [0, 0.1) is 13.8 Å². The van der Waals surface area contributed by atoms with E-state index in [-0.39, 0.29) is 0 Å². The van der Waals surface area contributed by atoms with E-state index in [4.69, 9.17) is 0 Å². The average molecular weight is 326 g/mol. The average Bonchev–Trinajstić information content (AvgIpc) is 2.81. The van der Waals surface area contributed by atoms with Gasteiger partial charge in [-0.3, -0.25) is 0 Å². The summed E-state index contributed by atoms with van der Waals surface area (Å²) in [5.41, 5.74) is 6.18. The minimum Gasteiger partial charge on any atom is -0.314 e. The lowest BCUT2D eigenvalue weighted by atomic mass is 10.1. The molecule has 0 amide bonds. The van der Waals surface area contributed by atoms with Crippen molar-refractivity contribution < 1.29 is 0 Å². The molecule has 2 heteroatoms. The summed E-state index contributed by atoms with van der Waals surface area (Å²) in [6.07, 6.45) is 0. The van der Waals surface area contributed by atoms with E-state index >= 15 is 0 Å². The SMILES string of the molecule is Cc1cccc(-n2c(C)ccc2-c2ccc(Br)cc2)c1. The van der Waals surface area contributed by atoms with Crippen molar-refractivity contribution in [1.82, 2.24) is 4.57 Å². The molecule has 0 atom stereocenters. The third-order valence-electron chi connectivity index (χ3n) is 3.48. The van der Waals surface area contributed by atoms with Gasteiger partial charge in [-0.15, -0.1) is 0 Å². The molecule has 0 aliphatic carbocycles. The molecular formula is C18H16BrN. The molecule has 0 spiro atoms. The van der Waals surface area contributed by atoms with Crippen LogP contribution < -0.4 is 0 Å². The van der Waals surface area contributed by atoms with Gasteiger partial charge < -0.3 is 4.57 Å². The van der Waals surface area contributed by atoms with E-state index in [2.05, 4.69) is 95.0 Å². The number of benzene rings is 2. The second-order valence-electron chi connectivity index (χ2n) is 5.04. The Morgan fingerprint density at radius 1 is 0.850 bits per heavy atom. The van der Waals surface area contributed by atoms with E-state index < -0.39 is 0 Å². The first-order valence-corrected chi connectivity index (χ1v) is 7.46. The van der Waals surface area contributed by atoms with Gasteiger partial charge >= 0.3 is 0 Å². The number of rotatable bonds is 2. The standard InChI is InChI=1S/C18H16BrN/c1-13-4-3-5-17(12-13)20-14(2)6-11-18(20)15-7-9-16(19)10-8-15/h3-12H,1-2H3. The normalized spacial score (nSPS) is 10.8. The fourth-order valence-electron chi connectivity index (χ4n) is 2.49. The van der Waals surface area contributed by atoms with Crippen molar-refractivity contribution in [3.63, 3.8) is 0 Å². The second-order valence-corrected chi connectivity index (χ2v) is 5.96. The zero-order chi connectivity index (χ0) is 14.1. The van der Waals surface area contributed by atoms with Gasteiger partial charge in [-0.1, -0.05) is 40.2 Å². The van der Waals surface area contributed by atoms with E-state index in [9.17, 15) is 0 Å². The van der Waals surface area contributed by atoms with Crippen molar-refractivity contribution in [3.05, 3.63) is 76.4 Å². The van der Waals surface area contributed by atoms with Gasteiger partial charge in [-0.05, 0) is 61.4 Å². The van der Waals surface area contributed by atoms with Crippen LogP contribution in [0.2, 0.25) is 0 Å². The van der Waals surface area contributed by atoms with Crippen LogP contribution in [0.5, 0.6) is 0 Å². The zero-order valence-corrected chi connectivity index (χ0v) is 13.2. The van der Waals surface area contributed by atoms with Crippen LogP contribution >= 0.6 is 15.9 Å². The van der Waals surface area contributed by atoms with Gasteiger partial charge in [0.15, 0.2) is 0 Å². The fraction of sp³-hybridized carbons (Fsp3) is 0.111. The fourth-order valence-corrected chi connectivity index (χ4v) is 2.76. The molecule has 1 heterocycles. The third kappa shape index (κ3) is 2.44. The Balaban J connectivity index is 2.17. The number of nitrogens with zero attached hydrogens (tertiary/aromatic N) is 1. The maximum atomic E-state index is 3.49. The molecule has 3 aromatic rings. The Morgan fingerprint density at radius 3 is 2.30 bits per heavy atom. The Bertz CT molecular complexity index is 738. The van der Waals surface area contributed by atoms with Crippen LogP contribution in [-0.2, 0) is 0 Å².